The van der Waals surface area contributed by atoms with E-state index in [-0.39, 0.29) is 11.5 Å². The average Bonchev–Trinajstić information content (AvgIpc) is 2.96. The van der Waals surface area contributed by atoms with Crippen LogP contribution in [0.4, 0.5) is 5.69 Å². The number of aryl methyl sites for hydroxylation is 1. The molecule has 188 valence electrons. The van der Waals surface area contributed by atoms with E-state index in [1.807, 2.05) is 54.6 Å². The Hall–Kier alpha value is -4.89. The summed E-state index contributed by atoms with van der Waals surface area (Å²) in [5, 5.41) is 21.1. The number of fused-ring (bicyclic) bond motifs is 1. The number of aromatic carboxylic acids is 1. The van der Waals surface area contributed by atoms with Gasteiger partial charge in [-0.2, -0.15) is 5.26 Å². The first-order valence-corrected chi connectivity index (χ1v) is 12.6. The molecule has 0 aromatic heterocycles. The van der Waals surface area contributed by atoms with Crippen LogP contribution < -0.4 is 10.2 Å². The quantitative estimate of drug-likeness (QED) is 0.334. The van der Waals surface area contributed by atoms with Crippen molar-refractivity contribution in [2.45, 2.75) is 25.9 Å². The Morgan fingerprint density at radius 3 is 2.39 bits per heavy atom. The van der Waals surface area contributed by atoms with Gasteiger partial charge in [0.15, 0.2) is 0 Å². The van der Waals surface area contributed by atoms with Gasteiger partial charge in [-0.05, 0) is 83.1 Å². The topological polar surface area (TPSA) is 93.4 Å². The van der Waals surface area contributed by atoms with E-state index in [0.29, 0.717) is 24.2 Å². The predicted octanol–water partition coefficient (Wildman–Crippen LogP) is 5.81. The van der Waals surface area contributed by atoms with E-state index < -0.39 is 5.97 Å². The lowest BCUT2D eigenvalue weighted by Gasteiger charge is -2.32. The van der Waals surface area contributed by atoms with Gasteiger partial charge in [0.05, 0.1) is 17.2 Å². The molecule has 2 N–H and O–H groups in total. The molecule has 0 saturated heterocycles. The van der Waals surface area contributed by atoms with Crippen molar-refractivity contribution in [3.05, 3.63) is 124 Å². The van der Waals surface area contributed by atoms with Gasteiger partial charge in [-0.1, -0.05) is 48.5 Å². The van der Waals surface area contributed by atoms with Crippen LogP contribution in [0.1, 0.15) is 49.4 Å². The van der Waals surface area contributed by atoms with Gasteiger partial charge in [0.25, 0.3) is 5.91 Å². The molecule has 0 radical (unpaired) electrons. The summed E-state index contributed by atoms with van der Waals surface area (Å²) in [4.78, 5) is 26.4. The Morgan fingerprint density at radius 2 is 1.66 bits per heavy atom. The minimum atomic E-state index is -0.933. The number of hydrogen-bond acceptors (Lipinski definition) is 4. The largest absolute Gasteiger partial charge is 0.478 e. The molecule has 6 nitrogen and oxygen atoms in total. The maximum Gasteiger partial charge on any atom is 0.335 e. The SMILES string of the molecule is N#Cc1ccc(CNC(=O)c2ccc3c(c2)CCCN3Cc2ccccc2-c2ccc(C(=O)O)cc2)cc1. The monoisotopic (exact) mass is 501 g/mol. The van der Waals surface area contributed by atoms with Gasteiger partial charge in [-0.15, -0.1) is 0 Å². The number of nitrogens with zero attached hydrogens (tertiary/aromatic N) is 2. The van der Waals surface area contributed by atoms with Crippen LogP contribution in [0.15, 0.2) is 91.0 Å². The molecule has 0 atom stereocenters. The van der Waals surface area contributed by atoms with Crippen LogP contribution in [0.2, 0.25) is 0 Å². The number of carboxylic acids is 1. The Morgan fingerprint density at radius 1 is 0.921 bits per heavy atom. The second-order valence-corrected chi connectivity index (χ2v) is 9.40. The van der Waals surface area contributed by atoms with E-state index in [1.54, 1.807) is 24.3 Å². The Labute approximate surface area is 221 Å². The first-order valence-electron chi connectivity index (χ1n) is 12.6. The third kappa shape index (κ3) is 5.42. The molecule has 0 unspecified atom stereocenters. The number of carbonyl (C=O) groups is 2. The number of rotatable bonds is 7. The summed E-state index contributed by atoms with van der Waals surface area (Å²) in [7, 11) is 0. The van der Waals surface area contributed by atoms with E-state index in [2.05, 4.69) is 28.4 Å². The number of carboxylic acid groups (broad SMARTS) is 1. The number of benzene rings is 4. The fourth-order valence-electron chi connectivity index (χ4n) is 4.90. The van der Waals surface area contributed by atoms with Crippen molar-refractivity contribution < 1.29 is 14.7 Å². The molecule has 1 amide bonds. The summed E-state index contributed by atoms with van der Waals surface area (Å²) in [6.45, 7) is 2.04. The maximum atomic E-state index is 12.9. The van der Waals surface area contributed by atoms with Gasteiger partial charge >= 0.3 is 5.97 Å². The van der Waals surface area contributed by atoms with Crippen molar-refractivity contribution >= 4 is 17.6 Å². The fraction of sp³-hybridized carbons (Fsp3) is 0.156. The lowest BCUT2D eigenvalue weighted by atomic mass is 9.95. The summed E-state index contributed by atoms with van der Waals surface area (Å²) < 4.78 is 0. The lowest BCUT2D eigenvalue weighted by molar-refractivity contribution is 0.0696. The van der Waals surface area contributed by atoms with Crippen LogP contribution in [0.3, 0.4) is 0 Å². The molecule has 1 aliphatic heterocycles. The van der Waals surface area contributed by atoms with Crippen LogP contribution in [0, 0.1) is 11.3 Å². The number of hydrogen-bond donors (Lipinski definition) is 2. The third-order valence-electron chi connectivity index (χ3n) is 6.91. The lowest BCUT2D eigenvalue weighted by Crippen LogP contribution is -2.29. The van der Waals surface area contributed by atoms with Crippen LogP contribution in [-0.2, 0) is 19.5 Å². The molecule has 0 bridgehead atoms. The van der Waals surface area contributed by atoms with E-state index in [1.165, 1.54) is 0 Å². The van der Waals surface area contributed by atoms with Crippen LogP contribution >= 0.6 is 0 Å². The highest BCUT2D eigenvalue weighted by molar-refractivity contribution is 5.95. The number of nitriles is 1. The summed E-state index contributed by atoms with van der Waals surface area (Å²) in [6, 6.07) is 30.4. The normalized spacial score (nSPS) is 12.3. The standard InChI is InChI=1S/C32H27N3O3/c33-19-22-7-9-23(10-8-22)20-34-31(36)27-15-16-30-26(18-27)5-3-17-35(30)21-28-4-1-2-6-29(28)24-11-13-25(14-12-24)32(37)38/h1-2,4,6-16,18H,3,5,17,20-21H2,(H,34,36)(H,37,38). The molecule has 1 aliphatic rings. The van der Waals surface area contributed by atoms with Crippen LogP contribution in [0.25, 0.3) is 11.1 Å². The summed E-state index contributed by atoms with van der Waals surface area (Å²) in [5.74, 6) is -1.05. The van der Waals surface area contributed by atoms with Gasteiger partial charge < -0.3 is 15.3 Å². The zero-order valence-corrected chi connectivity index (χ0v) is 20.9. The maximum absolute atomic E-state index is 12.9. The molecule has 0 fully saturated rings. The van der Waals surface area contributed by atoms with Crippen molar-refractivity contribution in [3.8, 4) is 17.2 Å². The third-order valence-corrected chi connectivity index (χ3v) is 6.91. The summed E-state index contributed by atoms with van der Waals surface area (Å²) in [6.07, 6.45) is 1.92. The number of anilines is 1. The summed E-state index contributed by atoms with van der Waals surface area (Å²) in [5.41, 5.74) is 7.96. The molecule has 0 saturated carbocycles. The van der Waals surface area contributed by atoms with Crippen molar-refractivity contribution in [3.63, 3.8) is 0 Å². The second kappa shape index (κ2) is 11.0. The first kappa shape index (κ1) is 24.8. The zero-order valence-electron chi connectivity index (χ0n) is 20.9. The molecule has 5 rings (SSSR count). The first-order chi connectivity index (χ1) is 18.5. The van der Waals surface area contributed by atoms with Crippen molar-refractivity contribution in [2.24, 2.45) is 0 Å². The van der Waals surface area contributed by atoms with Gasteiger partial charge in [-0.3, -0.25) is 4.79 Å². The number of amides is 1. The van der Waals surface area contributed by atoms with Gasteiger partial charge in [0.1, 0.15) is 0 Å². The molecule has 38 heavy (non-hydrogen) atoms. The van der Waals surface area contributed by atoms with Crippen LogP contribution in [0.5, 0.6) is 0 Å². The smallest absolute Gasteiger partial charge is 0.335 e. The molecular formula is C32H27N3O3. The van der Waals surface area contributed by atoms with E-state index in [0.717, 1.165) is 52.9 Å². The van der Waals surface area contributed by atoms with Gasteiger partial charge in [0, 0.05) is 30.9 Å². The van der Waals surface area contributed by atoms with E-state index in [9.17, 15) is 14.7 Å². The van der Waals surface area contributed by atoms with E-state index in [4.69, 9.17) is 5.26 Å². The molecule has 0 aliphatic carbocycles. The molecule has 6 heteroatoms. The number of nitrogens with one attached hydrogen (secondary N) is 1. The molecule has 0 spiro atoms. The average molecular weight is 502 g/mol. The van der Waals surface area contributed by atoms with Gasteiger partial charge in [-0.25, -0.2) is 4.79 Å². The Bertz CT molecular complexity index is 1520. The predicted molar refractivity (Wildman–Crippen MR) is 147 cm³/mol. The Kier molecular flexibility index (Phi) is 7.19. The second-order valence-electron chi connectivity index (χ2n) is 9.40. The van der Waals surface area contributed by atoms with Gasteiger partial charge in [0.2, 0.25) is 0 Å². The molecular weight excluding hydrogens is 474 g/mol. The number of carbonyl (C=O) groups excluding carboxylic acids is 1. The zero-order chi connectivity index (χ0) is 26.5. The molecule has 4 aromatic rings. The van der Waals surface area contributed by atoms with Crippen molar-refractivity contribution in [1.29, 1.82) is 5.26 Å². The highest BCUT2D eigenvalue weighted by Crippen LogP contribution is 2.32. The minimum absolute atomic E-state index is 0.121. The van der Waals surface area contributed by atoms with E-state index >= 15 is 0 Å². The van der Waals surface area contributed by atoms with Crippen molar-refractivity contribution in [2.75, 3.05) is 11.4 Å². The summed E-state index contributed by atoms with van der Waals surface area (Å²) >= 11 is 0. The Balaban J connectivity index is 1.31. The molecule has 4 aromatic carbocycles. The highest BCUT2D eigenvalue weighted by atomic mass is 16.4. The highest BCUT2D eigenvalue weighted by Gasteiger charge is 2.20. The molecule has 1 heterocycles. The van der Waals surface area contributed by atoms with Crippen LogP contribution in [-0.4, -0.2) is 23.5 Å². The van der Waals surface area contributed by atoms with Crippen molar-refractivity contribution in [1.82, 2.24) is 5.32 Å². The minimum Gasteiger partial charge on any atom is -0.478 e. The fourth-order valence-corrected chi connectivity index (χ4v) is 4.90.